The molecule has 1 atom stereocenters. The van der Waals surface area contributed by atoms with E-state index in [0.29, 0.717) is 57.3 Å². The van der Waals surface area contributed by atoms with Crippen LogP contribution in [-0.2, 0) is 9.59 Å². The molecule has 2 amide bonds. The van der Waals surface area contributed by atoms with Gasteiger partial charge >= 0.3 is 0 Å². The molecule has 0 fully saturated rings. The number of nitrogens with zero attached hydrogens (tertiary/aromatic N) is 1. The first-order chi connectivity index (χ1) is 19.9. The van der Waals surface area contributed by atoms with Gasteiger partial charge in [0.2, 0.25) is 5.91 Å². The summed E-state index contributed by atoms with van der Waals surface area (Å²) in [6.45, 7) is 4.19. The Kier molecular flexibility index (Phi) is 9.60. The molecule has 10 nitrogen and oxygen atoms in total. The number of allylic oxidation sites excluding steroid dienone is 2. The van der Waals surface area contributed by atoms with E-state index < -0.39 is 11.8 Å². The number of nitrogens with one attached hydrogen (secondary N) is 3. The van der Waals surface area contributed by atoms with E-state index in [2.05, 4.69) is 22.0 Å². The quantitative estimate of drug-likeness (QED) is 0.275. The monoisotopic (exact) mass is 574 g/mol. The largest absolute Gasteiger partial charge is 0.497 e. The van der Waals surface area contributed by atoms with E-state index >= 15 is 0 Å². The van der Waals surface area contributed by atoms with Gasteiger partial charge in [0.25, 0.3) is 5.91 Å². The average Bonchev–Trinajstić information content (AvgIpc) is 3.51. The summed E-state index contributed by atoms with van der Waals surface area (Å²) in [4.78, 5) is 26.4. The SMILES string of the molecule is CCOc1ccc(NC(=O)CSC2=C(C#N)[C@@H](c3ccco3)C(C(=O)Nc3cc(OC)ccc3OC)=C(C)N2)cc1. The lowest BCUT2D eigenvalue weighted by Crippen LogP contribution is -2.31. The molecule has 1 aliphatic rings. The van der Waals surface area contributed by atoms with Crippen LogP contribution in [0.4, 0.5) is 11.4 Å². The third-order valence-electron chi connectivity index (χ3n) is 6.17. The van der Waals surface area contributed by atoms with Crippen LogP contribution in [0.2, 0.25) is 0 Å². The first-order valence-corrected chi connectivity index (χ1v) is 13.7. The number of carbonyl (C=O) groups excluding carboxylic acids is 2. The fraction of sp³-hybridized carbons (Fsp3) is 0.233. The number of nitriles is 1. The molecule has 3 N–H and O–H groups in total. The van der Waals surface area contributed by atoms with E-state index in [0.717, 1.165) is 0 Å². The van der Waals surface area contributed by atoms with Crippen molar-refractivity contribution < 1.29 is 28.2 Å². The molecule has 41 heavy (non-hydrogen) atoms. The van der Waals surface area contributed by atoms with Gasteiger partial charge in [-0.25, -0.2) is 0 Å². The first kappa shape index (κ1) is 29.2. The lowest BCUT2D eigenvalue weighted by atomic mass is 9.85. The smallest absolute Gasteiger partial charge is 0.254 e. The summed E-state index contributed by atoms with van der Waals surface area (Å²) in [5, 5.41) is 19.6. The van der Waals surface area contributed by atoms with Gasteiger partial charge in [0.05, 0.1) is 66.7 Å². The van der Waals surface area contributed by atoms with Crippen LogP contribution in [0.5, 0.6) is 17.2 Å². The van der Waals surface area contributed by atoms with Crippen LogP contribution >= 0.6 is 11.8 Å². The minimum absolute atomic E-state index is 0.0292. The van der Waals surface area contributed by atoms with Crippen molar-refractivity contribution in [2.75, 3.05) is 37.2 Å². The minimum Gasteiger partial charge on any atom is -0.497 e. The van der Waals surface area contributed by atoms with Gasteiger partial charge in [0, 0.05) is 17.5 Å². The van der Waals surface area contributed by atoms with Gasteiger partial charge in [0.15, 0.2) is 0 Å². The Morgan fingerprint density at radius 3 is 2.46 bits per heavy atom. The second kappa shape index (κ2) is 13.5. The second-order valence-electron chi connectivity index (χ2n) is 8.78. The predicted octanol–water partition coefficient (Wildman–Crippen LogP) is 5.40. The molecule has 0 radical (unpaired) electrons. The molecule has 1 aliphatic heterocycles. The Morgan fingerprint density at radius 2 is 1.83 bits per heavy atom. The summed E-state index contributed by atoms with van der Waals surface area (Å²) in [6, 6.07) is 17.8. The fourth-order valence-electron chi connectivity index (χ4n) is 4.30. The molecule has 0 aliphatic carbocycles. The Labute approximate surface area is 242 Å². The Morgan fingerprint density at radius 1 is 1.07 bits per heavy atom. The lowest BCUT2D eigenvalue weighted by molar-refractivity contribution is -0.114. The van der Waals surface area contributed by atoms with Crippen molar-refractivity contribution in [3.63, 3.8) is 0 Å². The van der Waals surface area contributed by atoms with Crippen molar-refractivity contribution >= 4 is 35.0 Å². The number of rotatable bonds is 11. The molecular formula is C30H30N4O6S. The Hall–Kier alpha value is -4.82. The number of anilines is 2. The zero-order valence-electron chi connectivity index (χ0n) is 23.1. The molecule has 1 aromatic heterocycles. The Bertz CT molecular complexity index is 1510. The summed E-state index contributed by atoms with van der Waals surface area (Å²) in [5.74, 6) is 0.639. The van der Waals surface area contributed by atoms with Crippen molar-refractivity contribution in [1.29, 1.82) is 5.26 Å². The number of amides is 2. The number of hydrogen-bond acceptors (Lipinski definition) is 9. The maximum absolute atomic E-state index is 13.7. The van der Waals surface area contributed by atoms with Gasteiger partial charge in [-0.2, -0.15) is 5.26 Å². The van der Waals surface area contributed by atoms with E-state index in [1.54, 1.807) is 61.5 Å². The van der Waals surface area contributed by atoms with Crippen molar-refractivity contribution in [2.24, 2.45) is 0 Å². The first-order valence-electron chi connectivity index (χ1n) is 12.7. The maximum Gasteiger partial charge on any atom is 0.254 e. The number of dihydropyridines is 1. The zero-order valence-corrected chi connectivity index (χ0v) is 23.9. The van der Waals surface area contributed by atoms with Crippen LogP contribution in [0, 0.1) is 11.3 Å². The lowest BCUT2D eigenvalue weighted by Gasteiger charge is -2.28. The van der Waals surface area contributed by atoms with E-state index in [1.165, 1.54) is 32.2 Å². The van der Waals surface area contributed by atoms with Gasteiger partial charge in [0.1, 0.15) is 23.0 Å². The van der Waals surface area contributed by atoms with Crippen LogP contribution in [0.3, 0.4) is 0 Å². The fourth-order valence-corrected chi connectivity index (χ4v) is 5.20. The number of methoxy groups -OCH3 is 2. The molecule has 0 unspecified atom stereocenters. The highest BCUT2D eigenvalue weighted by atomic mass is 32.2. The molecule has 2 aromatic carbocycles. The molecule has 0 saturated carbocycles. The Balaban J connectivity index is 1.56. The zero-order chi connectivity index (χ0) is 29.4. The molecule has 0 saturated heterocycles. The topological polar surface area (TPSA) is 135 Å². The molecule has 0 bridgehead atoms. The normalized spacial score (nSPS) is 14.6. The highest BCUT2D eigenvalue weighted by Gasteiger charge is 2.36. The number of benzene rings is 2. The second-order valence-corrected chi connectivity index (χ2v) is 9.77. The summed E-state index contributed by atoms with van der Waals surface area (Å²) >= 11 is 1.17. The molecular weight excluding hydrogens is 544 g/mol. The average molecular weight is 575 g/mol. The number of carbonyl (C=O) groups is 2. The summed E-state index contributed by atoms with van der Waals surface area (Å²) < 4.78 is 21.8. The number of thioether (sulfide) groups is 1. The van der Waals surface area contributed by atoms with Crippen LogP contribution < -0.4 is 30.2 Å². The van der Waals surface area contributed by atoms with Crippen LogP contribution in [0.15, 0.2) is 87.1 Å². The molecule has 0 spiro atoms. The number of ether oxygens (including phenoxy) is 3. The van der Waals surface area contributed by atoms with Crippen LogP contribution in [0.1, 0.15) is 25.5 Å². The van der Waals surface area contributed by atoms with Crippen molar-refractivity contribution in [1.82, 2.24) is 5.32 Å². The van der Waals surface area contributed by atoms with Crippen LogP contribution in [0.25, 0.3) is 0 Å². The van der Waals surface area contributed by atoms with Gasteiger partial charge in [-0.05, 0) is 62.4 Å². The standard InChI is InChI=1S/C30H30N4O6S/c1-5-39-20-10-8-19(9-11-20)33-26(35)17-41-30-22(16-31)28(25-7-6-14-40-25)27(18(2)32-30)29(36)34-23-15-21(37-3)12-13-24(23)38-4/h6-15,28,32H,5,17H2,1-4H3,(H,33,35)(H,34,36)/t28-/m0/s1. The van der Waals surface area contributed by atoms with E-state index in [-0.39, 0.29) is 17.2 Å². The van der Waals surface area contributed by atoms with E-state index in [9.17, 15) is 14.9 Å². The van der Waals surface area contributed by atoms with Gasteiger partial charge in [-0.15, -0.1) is 0 Å². The van der Waals surface area contributed by atoms with Gasteiger partial charge in [-0.3, -0.25) is 9.59 Å². The maximum atomic E-state index is 13.7. The molecule has 3 aromatic rings. The molecule has 212 valence electrons. The molecule has 11 heteroatoms. The summed E-state index contributed by atoms with van der Waals surface area (Å²) in [5.41, 5.74) is 2.10. The number of furan rings is 1. The van der Waals surface area contributed by atoms with Crippen molar-refractivity contribution in [3.05, 3.63) is 88.5 Å². The van der Waals surface area contributed by atoms with Crippen LogP contribution in [-0.4, -0.2) is 38.4 Å². The van der Waals surface area contributed by atoms with Gasteiger partial charge in [-0.1, -0.05) is 11.8 Å². The summed E-state index contributed by atoms with van der Waals surface area (Å²) in [7, 11) is 3.03. The van der Waals surface area contributed by atoms with Gasteiger partial charge < -0.3 is 34.6 Å². The predicted molar refractivity (Wildman–Crippen MR) is 157 cm³/mol. The van der Waals surface area contributed by atoms with E-state index in [1.807, 2.05) is 6.92 Å². The van der Waals surface area contributed by atoms with Crippen molar-refractivity contribution in [2.45, 2.75) is 19.8 Å². The minimum atomic E-state index is -0.801. The third kappa shape index (κ3) is 6.85. The van der Waals surface area contributed by atoms with E-state index in [4.69, 9.17) is 18.6 Å². The number of hydrogen-bond donors (Lipinski definition) is 3. The summed E-state index contributed by atoms with van der Waals surface area (Å²) in [6.07, 6.45) is 1.49. The van der Waals surface area contributed by atoms with Crippen molar-refractivity contribution in [3.8, 4) is 23.3 Å². The molecule has 4 rings (SSSR count). The molecule has 2 heterocycles. The highest BCUT2D eigenvalue weighted by molar-refractivity contribution is 8.03. The third-order valence-corrected chi connectivity index (χ3v) is 7.19. The highest BCUT2D eigenvalue weighted by Crippen LogP contribution is 2.41.